The molecule has 64 heavy (non-hydrogen) atoms. The van der Waals surface area contributed by atoms with Gasteiger partial charge in [-0.05, 0) is 108 Å². The van der Waals surface area contributed by atoms with Gasteiger partial charge in [0.25, 0.3) is 0 Å². The third-order valence-corrected chi connectivity index (χ3v) is 13.5. The van der Waals surface area contributed by atoms with Crippen molar-refractivity contribution in [2.75, 3.05) is 0 Å². The predicted octanol–water partition coefficient (Wildman–Crippen LogP) is 15.7. The van der Waals surface area contributed by atoms with Gasteiger partial charge in [0.1, 0.15) is 0 Å². The first kappa shape index (κ1) is 35.0. The lowest BCUT2D eigenvalue weighted by Crippen LogP contribution is -1.95. The van der Waals surface area contributed by atoms with E-state index in [-0.39, 0.29) is 0 Å². The lowest BCUT2D eigenvalue weighted by Gasteiger charge is -2.12. The van der Waals surface area contributed by atoms with Gasteiger partial charge in [-0.1, -0.05) is 133 Å². The van der Waals surface area contributed by atoms with Crippen molar-refractivity contribution in [3.8, 4) is 33.9 Å². The van der Waals surface area contributed by atoms with E-state index in [0.717, 1.165) is 11.4 Å². The lowest BCUT2D eigenvalue weighted by atomic mass is 10.0. The van der Waals surface area contributed by atoms with Crippen molar-refractivity contribution in [3.05, 3.63) is 231 Å². The van der Waals surface area contributed by atoms with Gasteiger partial charge >= 0.3 is 0 Å². The van der Waals surface area contributed by atoms with Crippen LogP contribution in [0.3, 0.4) is 0 Å². The van der Waals surface area contributed by atoms with E-state index < -0.39 is 0 Å². The molecule has 10 aromatic carbocycles. The van der Waals surface area contributed by atoms with E-state index in [1.165, 1.54) is 110 Å². The highest BCUT2D eigenvalue weighted by Gasteiger charge is 2.20. The van der Waals surface area contributed by atoms with E-state index in [4.69, 9.17) is 0 Å². The fourth-order valence-electron chi connectivity index (χ4n) is 10.7. The van der Waals surface area contributed by atoms with Crippen LogP contribution < -0.4 is 0 Å². The Labute approximate surface area is 368 Å². The number of nitrogens with zero attached hydrogens (tertiary/aromatic N) is 4. The average Bonchev–Trinajstić information content (AvgIpc) is 4.08. The van der Waals surface area contributed by atoms with Crippen molar-refractivity contribution in [3.63, 3.8) is 0 Å². The molecule has 0 amide bonds. The van der Waals surface area contributed by atoms with Gasteiger partial charge in [0.15, 0.2) is 0 Å². The normalized spacial score (nSPS) is 12.1. The van der Waals surface area contributed by atoms with E-state index in [2.05, 4.69) is 249 Å². The third kappa shape index (κ3) is 4.99. The Morgan fingerprint density at radius 2 is 0.406 bits per heavy atom. The van der Waals surface area contributed by atoms with Crippen LogP contribution in [0.4, 0.5) is 0 Å². The van der Waals surface area contributed by atoms with E-state index in [9.17, 15) is 0 Å². The first-order chi connectivity index (χ1) is 31.8. The molecule has 4 nitrogen and oxygen atoms in total. The SMILES string of the molecule is c1ccc(-n2c3ccccc3c3cc4c(cc32)c2ccccc2n4-c2ccc(-c3ccc(-n4c5ccccc5c5cc6c(cc54)c4ccccc4n6-c4ccccc4)cc3)cc2)cc1. The van der Waals surface area contributed by atoms with Crippen molar-refractivity contribution in [1.82, 2.24) is 18.3 Å². The zero-order valence-electron chi connectivity index (χ0n) is 34.7. The first-order valence-corrected chi connectivity index (χ1v) is 22.0. The molecule has 14 rings (SSSR count). The summed E-state index contributed by atoms with van der Waals surface area (Å²) in [5.41, 5.74) is 16.6. The number of fused-ring (bicyclic) bond motifs is 12. The topological polar surface area (TPSA) is 19.7 Å². The number of benzene rings is 10. The summed E-state index contributed by atoms with van der Waals surface area (Å²) in [5, 5.41) is 9.99. The van der Waals surface area contributed by atoms with Crippen molar-refractivity contribution in [2.24, 2.45) is 0 Å². The van der Waals surface area contributed by atoms with E-state index in [0.29, 0.717) is 0 Å². The minimum absolute atomic E-state index is 1.14. The minimum Gasteiger partial charge on any atom is -0.309 e. The first-order valence-electron chi connectivity index (χ1n) is 22.0. The Hall–Kier alpha value is -8.60. The summed E-state index contributed by atoms with van der Waals surface area (Å²) in [5.74, 6) is 0. The Bertz CT molecular complexity index is 3870. The van der Waals surface area contributed by atoms with Crippen LogP contribution in [0.5, 0.6) is 0 Å². The quantitative estimate of drug-likeness (QED) is 0.165. The fourth-order valence-corrected chi connectivity index (χ4v) is 10.7. The molecule has 0 N–H and O–H groups in total. The number of aromatic nitrogens is 4. The maximum atomic E-state index is 2.43. The van der Waals surface area contributed by atoms with Gasteiger partial charge in [-0.3, -0.25) is 0 Å². The minimum atomic E-state index is 1.14. The summed E-state index contributed by atoms with van der Waals surface area (Å²) < 4.78 is 9.67. The van der Waals surface area contributed by atoms with Gasteiger partial charge in [0.2, 0.25) is 0 Å². The van der Waals surface area contributed by atoms with Gasteiger partial charge in [-0.2, -0.15) is 0 Å². The second-order valence-corrected chi connectivity index (χ2v) is 16.9. The fraction of sp³-hybridized carbons (Fsp3) is 0. The average molecular weight is 815 g/mol. The summed E-state index contributed by atoms with van der Waals surface area (Å²) >= 11 is 0. The molecule has 0 atom stereocenters. The summed E-state index contributed by atoms with van der Waals surface area (Å²) in [7, 11) is 0. The van der Waals surface area contributed by atoms with Gasteiger partial charge in [0.05, 0.1) is 44.1 Å². The molecule has 4 aromatic heterocycles. The maximum Gasteiger partial charge on any atom is 0.0548 e. The number of hydrogen-bond donors (Lipinski definition) is 0. The summed E-state index contributed by atoms with van der Waals surface area (Å²) in [6.07, 6.45) is 0. The van der Waals surface area contributed by atoms with Gasteiger partial charge < -0.3 is 18.3 Å². The summed E-state index contributed by atoms with van der Waals surface area (Å²) in [6.45, 7) is 0. The molecule has 0 aliphatic rings. The van der Waals surface area contributed by atoms with Crippen LogP contribution in [0.25, 0.3) is 121 Å². The van der Waals surface area contributed by atoms with Crippen molar-refractivity contribution < 1.29 is 0 Å². The Morgan fingerprint density at radius 1 is 0.172 bits per heavy atom. The highest BCUT2D eigenvalue weighted by atomic mass is 15.0. The molecule has 298 valence electrons. The molecular weight excluding hydrogens is 777 g/mol. The van der Waals surface area contributed by atoms with E-state index in [1.54, 1.807) is 0 Å². The summed E-state index contributed by atoms with van der Waals surface area (Å²) in [6, 6.07) is 84.4. The zero-order valence-corrected chi connectivity index (χ0v) is 34.7. The molecule has 0 spiro atoms. The van der Waals surface area contributed by atoms with Crippen LogP contribution in [-0.4, -0.2) is 18.3 Å². The van der Waals surface area contributed by atoms with Gasteiger partial charge in [-0.25, -0.2) is 0 Å². The molecule has 0 aliphatic carbocycles. The molecule has 0 saturated heterocycles. The van der Waals surface area contributed by atoms with Crippen molar-refractivity contribution in [2.45, 2.75) is 0 Å². The molecule has 0 aliphatic heterocycles. The Morgan fingerprint density at radius 3 is 0.688 bits per heavy atom. The highest BCUT2D eigenvalue weighted by molar-refractivity contribution is 6.20. The molecule has 0 fully saturated rings. The zero-order chi connectivity index (χ0) is 41.9. The van der Waals surface area contributed by atoms with Crippen LogP contribution in [0.15, 0.2) is 231 Å². The molecule has 0 radical (unpaired) electrons. The van der Waals surface area contributed by atoms with Crippen LogP contribution in [0, 0.1) is 0 Å². The second kappa shape index (κ2) is 13.4. The number of para-hydroxylation sites is 6. The van der Waals surface area contributed by atoms with Crippen LogP contribution in [0.2, 0.25) is 0 Å². The van der Waals surface area contributed by atoms with Crippen LogP contribution in [-0.2, 0) is 0 Å². The van der Waals surface area contributed by atoms with E-state index in [1.807, 2.05) is 0 Å². The second-order valence-electron chi connectivity index (χ2n) is 16.9. The highest BCUT2D eigenvalue weighted by Crippen LogP contribution is 2.42. The van der Waals surface area contributed by atoms with E-state index >= 15 is 0 Å². The maximum absolute atomic E-state index is 2.43. The largest absolute Gasteiger partial charge is 0.309 e. The molecule has 0 unspecified atom stereocenters. The smallest absolute Gasteiger partial charge is 0.0548 e. The molecule has 0 bridgehead atoms. The number of hydrogen-bond acceptors (Lipinski definition) is 0. The lowest BCUT2D eigenvalue weighted by molar-refractivity contribution is 1.17. The summed E-state index contributed by atoms with van der Waals surface area (Å²) in [4.78, 5) is 0. The molecule has 14 aromatic rings. The Kier molecular flexibility index (Phi) is 7.36. The van der Waals surface area contributed by atoms with Crippen molar-refractivity contribution >= 4 is 87.2 Å². The monoisotopic (exact) mass is 814 g/mol. The third-order valence-electron chi connectivity index (χ3n) is 13.5. The molecule has 4 heterocycles. The number of rotatable bonds is 5. The Balaban J connectivity index is 0.880. The van der Waals surface area contributed by atoms with Gasteiger partial charge in [0, 0.05) is 65.8 Å². The van der Waals surface area contributed by atoms with Crippen molar-refractivity contribution in [1.29, 1.82) is 0 Å². The van der Waals surface area contributed by atoms with Gasteiger partial charge in [-0.15, -0.1) is 0 Å². The molecule has 0 saturated carbocycles. The molecule has 4 heteroatoms. The van der Waals surface area contributed by atoms with Crippen LogP contribution in [0.1, 0.15) is 0 Å². The predicted molar refractivity (Wildman–Crippen MR) is 269 cm³/mol. The van der Waals surface area contributed by atoms with Crippen LogP contribution >= 0.6 is 0 Å². The standard InChI is InChI=1S/C60H38N4/c1-3-15-41(16-4-1)61-53-23-11-7-19-45(53)49-37-59-51(35-57(49)61)47-21-9-13-25-55(47)63(59)43-31-27-39(28-32-43)40-29-33-44(34-30-40)64-56-26-14-10-22-48(56)52-36-58-50(38-60(52)64)46-20-8-12-24-54(46)62(58)42-17-5-2-6-18-42/h1-38H. The molecular formula is C60H38N4.